The molecule has 2 heterocycles. The van der Waals surface area contributed by atoms with E-state index >= 15 is 0 Å². The summed E-state index contributed by atoms with van der Waals surface area (Å²) in [5.74, 6) is 6.02. The zero-order chi connectivity index (χ0) is 9.10. The van der Waals surface area contributed by atoms with Gasteiger partial charge in [-0.3, -0.25) is 9.38 Å². The standard InChI is InChI=1S/C9H6ClN3/c10-3-1-2-8-6-12-9-7-11-4-5-13(8)9/h4-7H,3H2. The minimum Gasteiger partial charge on any atom is -0.290 e. The molecule has 4 heteroatoms. The first-order valence-corrected chi connectivity index (χ1v) is 4.27. The number of rotatable bonds is 0. The lowest BCUT2D eigenvalue weighted by atomic mass is 10.4. The van der Waals surface area contributed by atoms with Crippen molar-refractivity contribution >= 4 is 17.2 Å². The lowest BCUT2D eigenvalue weighted by Gasteiger charge is -1.91. The molecule has 0 amide bonds. The van der Waals surface area contributed by atoms with E-state index in [1.54, 1.807) is 18.6 Å². The van der Waals surface area contributed by atoms with E-state index in [9.17, 15) is 0 Å². The summed E-state index contributed by atoms with van der Waals surface area (Å²) in [7, 11) is 0. The first-order chi connectivity index (χ1) is 6.42. The van der Waals surface area contributed by atoms with E-state index in [1.807, 2.05) is 10.6 Å². The fourth-order valence-corrected chi connectivity index (χ4v) is 1.13. The number of imidazole rings is 1. The fourth-order valence-electron chi connectivity index (χ4n) is 1.06. The van der Waals surface area contributed by atoms with E-state index in [1.165, 1.54) is 0 Å². The molecule has 2 aromatic rings. The molecule has 0 aliphatic carbocycles. The van der Waals surface area contributed by atoms with E-state index in [2.05, 4.69) is 21.8 Å². The highest BCUT2D eigenvalue weighted by molar-refractivity contribution is 6.19. The topological polar surface area (TPSA) is 30.2 Å². The third kappa shape index (κ3) is 1.49. The summed E-state index contributed by atoms with van der Waals surface area (Å²) >= 11 is 5.45. The maximum Gasteiger partial charge on any atom is 0.156 e. The quantitative estimate of drug-likeness (QED) is 0.465. The van der Waals surface area contributed by atoms with E-state index in [0.717, 1.165) is 11.3 Å². The fraction of sp³-hybridized carbons (Fsp3) is 0.111. The molecule has 0 unspecified atom stereocenters. The molecular formula is C9H6ClN3. The summed E-state index contributed by atoms with van der Waals surface area (Å²) in [6.45, 7) is 0. The van der Waals surface area contributed by atoms with Crippen LogP contribution < -0.4 is 0 Å². The van der Waals surface area contributed by atoms with Crippen LogP contribution in [0.2, 0.25) is 0 Å². The van der Waals surface area contributed by atoms with Crippen LogP contribution in [0.4, 0.5) is 0 Å². The van der Waals surface area contributed by atoms with Gasteiger partial charge in [-0.05, 0) is 5.92 Å². The molecule has 0 saturated carbocycles. The highest BCUT2D eigenvalue weighted by Gasteiger charge is 1.97. The molecule has 0 radical (unpaired) electrons. The molecule has 0 N–H and O–H groups in total. The van der Waals surface area contributed by atoms with Crippen molar-refractivity contribution in [3.63, 3.8) is 0 Å². The van der Waals surface area contributed by atoms with Crippen LogP contribution in [-0.4, -0.2) is 20.2 Å². The molecule has 13 heavy (non-hydrogen) atoms. The van der Waals surface area contributed by atoms with E-state index in [-0.39, 0.29) is 0 Å². The van der Waals surface area contributed by atoms with Crippen molar-refractivity contribution in [3.8, 4) is 11.8 Å². The molecule has 64 valence electrons. The lowest BCUT2D eigenvalue weighted by molar-refractivity contribution is 1.11. The highest BCUT2D eigenvalue weighted by atomic mass is 35.5. The summed E-state index contributed by atoms with van der Waals surface area (Å²) in [4.78, 5) is 8.08. The SMILES string of the molecule is ClCC#Cc1cnc2cnccn12. The van der Waals surface area contributed by atoms with Crippen LogP contribution in [0.25, 0.3) is 5.65 Å². The van der Waals surface area contributed by atoms with Crippen LogP contribution in [0.1, 0.15) is 5.69 Å². The van der Waals surface area contributed by atoms with E-state index < -0.39 is 0 Å². The minimum atomic E-state index is 0.332. The van der Waals surface area contributed by atoms with Gasteiger partial charge >= 0.3 is 0 Å². The number of aromatic nitrogens is 3. The molecule has 2 rings (SSSR count). The summed E-state index contributed by atoms with van der Waals surface area (Å²) in [6, 6.07) is 0. The monoisotopic (exact) mass is 191 g/mol. The van der Waals surface area contributed by atoms with E-state index in [0.29, 0.717) is 5.88 Å². The first kappa shape index (κ1) is 8.09. The van der Waals surface area contributed by atoms with Crippen molar-refractivity contribution in [2.24, 2.45) is 0 Å². The molecule has 0 atom stereocenters. The molecule has 0 spiro atoms. The van der Waals surface area contributed by atoms with Gasteiger partial charge in [-0.25, -0.2) is 4.98 Å². The number of halogens is 1. The summed E-state index contributed by atoms with van der Waals surface area (Å²) in [5.41, 5.74) is 1.62. The van der Waals surface area contributed by atoms with Gasteiger partial charge < -0.3 is 0 Å². The van der Waals surface area contributed by atoms with Crippen molar-refractivity contribution in [3.05, 3.63) is 30.5 Å². The molecule has 0 aromatic carbocycles. The van der Waals surface area contributed by atoms with Crippen molar-refractivity contribution in [1.29, 1.82) is 0 Å². The minimum absolute atomic E-state index is 0.332. The Morgan fingerprint density at radius 2 is 2.38 bits per heavy atom. The Kier molecular flexibility index (Phi) is 2.15. The van der Waals surface area contributed by atoms with Gasteiger partial charge in [0.05, 0.1) is 18.3 Å². The van der Waals surface area contributed by atoms with Gasteiger partial charge in [0.15, 0.2) is 5.65 Å². The van der Waals surface area contributed by atoms with Crippen LogP contribution in [0.5, 0.6) is 0 Å². The number of nitrogens with zero attached hydrogens (tertiary/aromatic N) is 3. The number of hydrogen-bond donors (Lipinski definition) is 0. The van der Waals surface area contributed by atoms with Crippen molar-refractivity contribution in [2.75, 3.05) is 5.88 Å². The van der Waals surface area contributed by atoms with Crippen molar-refractivity contribution in [1.82, 2.24) is 14.4 Å². The van der Waals surface area contributed by atoms with Crippen LogP contribution >= 0.6 is 11.6 Å². The Balaban J connectivity index is 2.58. The third-order valence-corrected chi connectivity index (χ3v) is 1.73. The number of hydrogen-bond acceptors (Lipinski definition) is 2. The van der Waals surface area contributed by atoms with Crippen LogP contribution in [-0.2, 0) is 0 Å². The van der Waals surface area contributed by atoms with Gasteiger partial charge in [-0.1, -0.05) is 5.92 Å². The second-order valence-electron chi connectivity index (χ2n) is 2.38. The van der Waals surface area contributed by atoms with Crippen LogP contribution in [0, 0.1) is 11.8 Å². The summed E-state index contributed by atoms with van der Waals surface area (Å²) < 4.78 is 1.87. The maximum absolute atomic E-state index is 5.45. The average molecular weight is 192 g/mol. The predicted molar refractivity (Wildman–Crippen MR) is 50.6 cm³/mol. The number of alkyl halides is 1. The average Bonchev–Trinajstić information content (AvgIpc) is 2.58. The maximum atomic E-state index is 5.45. The van der Waals surface area contributed by atoms with Crippen LogP contribution in [0.3, 0.4) is 0 Å². The second kappa shape index (κ2) is 3.46. The van der Waals surface area contributed by atoms with Gasteiger partial charge in [-0.15, -0.1) is 11.6 Å². The van der Waals surface area contributed by atoms with Gasteiger partial charge in [0.25, 0.3) is 0 Å². The van der Waals surface area contributed by atoms with E-state index in [4.69, 9.17) is 11.6 Å². The Morgan fingerprint density at radius 1 is 1.46 bits per heavy atom. The number of fused-ring (bicyclic) bond motifs is 1. The Morgan fingerprint density at radius 3 is 3.23 bits per heavy atom. The third-order valence-electron chi connectivity index (χ3n) is 1.60. The van der Waals surface area contributed by atoms with Gasteiger partial charge in [0, 0.05) is 12.4 Å². The van der Waals surface area contributed by atoms with Gasteiger partial charge in [0.1, 0.15) is 5.69 Å². The van der Waals surface area contributed by atoms with Gasteiger partial charge in [-0.2, -0.15) is 0 Å². The molecule has 0 bridgehead atoms. The predicted octanol–water partition coefficient (Wildman–Crippen LogP) is 1.32. The molecule has 3 nitrogen and oxygen atoms in total. The smallest absolute Gasteiger partial charge is 0.156 e. The first-order valence-electron chi connectivity index (χ1n) is 3.74. The molecular weight excluding hydrogens is 186 g/mol. The van der Waals surface area contributed by atoms with Crippen molar-refractivity contribution < 1.29 is 0 Å². The summed E-state index contributed by atoms with van der Waals surface area (Å²) in [5, 5.41) is 0. The summed E-state index contributed by atoms with van der Waals surface area (Å²) in [6.07, 6.45) is 6.91. The largest absolute Gasteiger partial charge is 0.290 e. The van der Waals surface area contributed by atoms with Crippen molar-refractivity contribution in [2.45, 2.75) is 0 Å². The Labute approximate surface area is 80.4 Å². The Hall–Kier alpha value is -1.53. The molecule has 0 saturated heterocycles. The molecule has 0 fully saturated rings. The second-order valence-corrected chi connectivity index (χ2v) is 2.65. The Bertz CT molecular complexity index is 478. The normalized spacial score (nSPS) is 9.62. The zero-order valence-corrected chi connectivity index (χ0v) is 7.49. The highest BCUT2D eigenvalue weighted by Crippen LogP contribution is 2.02. The van der Waals surface area contributed by atoms with Gasteiger partial charge in [0.2, 0.25) is 0 Å². The molecule has 0 aliphatic rings. The van der Waals surface area contributed by atoms with Crippen LogP contribution in [0.15, 0.2) is 24.8 Å². The molecule has 2 aromatic heterocycles. The zero-order valence-electron chi connectivity index (χ0n) is 6.74. The lowest BCUT2D eigenvalue weighted by Crippen LogP contribution is -1.87. The molecule has 0 aliphatic heterocycles.